The van der Waals surface area contributed by atoms with Gasteiger partial charge in [0.1, 0.15) is 11.5 Å². The fourth-order valence-electron chi connectivity index (χ4n) is 2.91. The van der Waals surface area contributed by atoms with Crippen LogP contribution in [0.2, 0.25) is 0 Å². The number of unbranched alkanes of at least 4 members (excludes halogenated alkanes) is 2. The summed E-state index contributed by atoms with van der Waals surface area (Å²) in [5.74, 6) is 0.970. The van der Waals surface area contributed by atoms with Crippen molar-refractivity contribution in [3.8, 4) is 11.5 Å². The number of nitrogens with zero attached hydrogens (tertiary/aromatic N) is 1. The van der Waals surface area contributed by atoms with Gasteiger partial charge in [-0.05, 0) is 36.8 Å². The fraction of sp³-hybridized carbons (Fsp3) is 0.333. The normalized spacial score (nSPS) is 12.9. The summed E-state index contributed by atoms with van der Waals surface area (Å²) in [7, 11) is 0. The molecule has 0 atom stereocenters. The molecular formula is C21H24N2O4. The Morgan fingerprint density at radius 3 is 2.78 bits per heavy atom. The minimum Gasteiger partial charge on any atom is -0.484 e. The zero-order valence-electron chi connectivity index (χ0n) is 15.4. The van der Waals surface area contributed by atoms with Crippen LogP contribution in [0.1, 0.15) is 26.2 Å². The average molecular weight is 368 g/mol. The van der Waals surface area contributed by atoms with Gasteiger partial charge in [0.2, 0.25) is 0 Å². The molecule has 2 aromatic rings. The summed E-state index contributed by atoms with van der Waals surface area (Å²) in [4.78, 5) is 26.1. The standard InChI is InChI=1S/C21H24N2O4/c1-2-3-7-12-23-18-13-16(10-11-19(18)27-15-21(23)25)22-20(24)14-26-17-8-5-4-6-9-17/h4-6,8-11,13H,2-3,7,12,14-15H2,1H3,(H,22,24). The van der Waals surface area contributed by atoms with Gasteiger partial charge in [-0.25, -0.2) is 0 Å². The van der Waals surface area contributed by atoms with E-state index in [0.717, 1.165) is 19.3 Å². The van der Waals surface area contributed by atoms with Crippen LogP contribution in [0.25, 0.3) is 0 Å². The quantitative estimate of drug-likeness (QED) is 0.723. The summed E-state index contributed by atoms with van der Waals surface area (Å²) in [5, 5.41) is 2.81. The number of anilines is 2. The van der Waals surface area contributed by atoms with Gasteiger partial charge in [-0.15, -0.1) is 0 Å². The van der Waals surface area contributed by atoms with E-state index in [1.54, 1.807) is 35.2 Å². The van der Waals surface area contributed by atoms with E-state index < -0.39 is 0 Å². The third-order valence-electron chi connectivity index (χ3n) is 4.28. The van der Waals surface area contributed by atoms with Gasteiger partial charge < -0.3 is 19.7 Å². The Morgan fingerprint density at radius 1 is 1.19 bits per heavy atom. The monoisotopic (exact) mass is 368 g/mol. The summed E-state index contributed by atoms with van der Waals surface area (Å²) in [6.45, 7) is 2.74. The van der Waals surface area contributed by atoms with Crippen LogP contribution in [0.15, 0.2) is 48.5 Å². The van der Waals surface area contributed by atoms with Gasteiger partial charge in [0.05, 0.1) is 5.69 Å². The van der Waals surface area contributed by atoms with E-state index in [1.807, 2.05) is 18.2 Å². The number of para-hydroxylation sites is 1. The van der Waals surface area contributed by atoms with E-state index in [0.29, 0.717) is 29.4 Å². The molecule has 0 unspecified atom stereocenters. The van der Waals surface area contributed by atoms with Crippen LogP contribution in [-0.4, -0.2) is 31.6 Å². The first kappa shape index (κ1) is 18.8. The molecule has 0 saturated heterocycles. The number of amides is 2. The van der Waals surface area contributed by atoms with Crippen LogP contribution in [0.5, 0.6) is 11.5 Å². The van der Waals surface area contributed by atoms with Crippen LogP contribution in [0.4, 0.5) is 11.4 Å². The highest BCUT2D eigenvalue weighted by Crippen LogP contribution is 2.34. The number of hydrogen-bond donors (Lipinski definition) is 1. The topological polar surface area (TPSA) is 67.9 Å². The molecule has 0 aromatic heterocycles. The molecule has 27 heavy (non-hydrogen) atoms. The second-order valence-electron chi connectivity index (χ2n) is 6.37. The van der Waals surface area contributed by atoms with Crippen molar-refractivity contribution in [1.29, 1.82) is 0 Å². The summed E-state index contributed by atoms with van der Waals surface area (Å²) >= 11 is 0. The lowest BCUT2D eigenvalue weighted by Gasteiger charge is -2.29. The second kappa shape index (κ2) is 9.07. The second-order valence-corrected chi connectivity index (χ2v) is 6.37. The van der Waals surface area contributed by atoms with Crippen molar-refractivity contribution in [2.24, 2.45) is 0 Å². The zero-order chi connectivity index (χ0) is 19.1. The molecular weight excluding hydrogens is 344 g/mol. The maximum atomic E-state index is 12.2. The summed E-state index contributed by atoms with van der Waals surface area (Å²) < 4.78 is 11.0. The van der Waals surface area contributed by atoms with Crippen LogP contribution in [0.3, 0.4) is 0 Å². The molecule has 6 nitrogen and oxygen atoms in total. The van der Waals surface area contributed by atoms with Crippen LogP contribution >= 0.6 is 0 Å². The third kappa shape index (κ3) is 5.00. The maximum Gasteiger partial charge on any atom is 0.265 e. The molecule has 0 bridgehead atoms. The molecule has 0 saturated carbocycles. The molecule has 0 fully saturated rings. The smallest absolute Gasteiger partial charge is 0.265 e. The minimum atomic E-state index is -0.264. The van der Waals surface area contributed by atoms with Gasteiger partial charge in [-0.2, -0.15) is 0 Å². The predicted molar refractivity (Wildman–Crippen MR) is 104 cm³/mol. The highest BCUT2D eigenvalue weighted by molar-refractivity contribution is 5.99. The maximum absolute atomic E-state index is 12.2. The van der Waals surface area contributed by atoms with Crippen molar-refractivity contribution in [2.75, 3.05) is 30.0 Å². The van der Waals surface area contributed by atoms with Gasteiger partial charge in [-0.1, -0.05) is 38.0 Å². The molecule has 2 aromatic carbocycles. The number of benzene rings is 2. The highest BCUT2D eigenvalue weighted by atomic mass is 16.5. The molecule has 6 heteroatoms. The number of carbonyl (C=O) groups is 2. The Hall–Kier alpha value is -3.02. The lowest BCUT2D eigenvalue weighted by molar-refractivity contribution is -0.121. The molecule has 1 aliphatic heterocycles. The molecule has 1 aliphatic rings. The zero-order valence-corrected chi connectivity index (χ0v) is 15.4. The number of hydrogen-bond acceptors (Lipinski definition) is 4. The van der Waals surface area contributed by atoms with E-state index in [9.17, 15) is 9.59 Å². The number of nitrogens with one attached hydrogen (secondary N) is 1. The minimum absolute atomic E-state index is 0.0513. The summed E-state index contributed by atoms with van der Waals surface area (Å²) in [6, 6.07) is 14.5. The molecule has 1 heterocycles. The molecule has 0 spiro atoms. The molecule has 142 valence electrons. The van der Waals surface area contributed by atoms with Crippen molar-refractivity contribution in [1.82, 2.24) is 0 Å². The molecule has 0 radical (unpaired) electrons. The van der Waals surface area contributed by atoms with Crippen molar-refractivity contribution in [3.63, 3.8) is 0 Å². The SMILES string of the molecule is CCCCCN1C(=O)COc2ccc(NC(=O)COc3ccccc3)cc21. The Labute approximate surface area is 159 Å². The number of carbonyl (C=O) groups excluding carboxylic acids is 2. The Kier molecular flexibility index (Phi) is 6.30. The number of ether oxygens (including phenoxy) is 2. The van der Waals surface area contributed by atoms with Crippen molar-refractivity contribution >= 4 is 23.2 Å². The van der Waals surface area contributed by atoms with Crippen LogP contribution < -0.4 is 19.7 Å². The lowest BCUT2D eigenvalue weighted by atomic mass is 10.1. The summed E-state index contributed by atoms with van der Waals surface area (Å²) in [6.07, 6.45) is 3.08. The van der Waals surface area contributed by atoms with Crippen molar-refractivity contribution in [2.45, 2.75) is 26.2 Å². The summed E-state index contributed by atoms with van der Waals surface area (Å²) in [5.41, 5.74) is 1.30. The van der Waals surface area contributed by atoms with Crippen molar-refractivity contribution < 1.29 is 19.1 Å². The third-order valence-corrected chi connectivity index (χ3v) is 4.28. The van der Waals surface area contributed by atoms with Gasteiger partial charge >= 0.3 is 0 Å². The first-order chi connectivity index (χ1) is 13.2. The van der Waals surface area contributed by atoms with E-state index in [1.165, 1.54) is 0 Å². The molecule has 0 aliphatic carbocycles. The Bertz CT molecular complexity index is 792. The first-order valence-electron chi connectivity index (χ1n) is 9.22. The van der Waals surface area contributed by atoms with Crippen LogP contribution in [0, 0.1) is 0 Å². The Morgan fingerprint density at radius 2 is 2.00 bits per heavy atom. The van der Waals surface area contributed by atoms with E-state index in [2.05, 4.69) is 12.2 Å². The van der Waals surface area contributed by atoms with Crippen molar-refractivity contribution in [3.05, 3.63) is 48.5 Å². The molecule has 1 N–H and O–H groups in total. The van der Waals surface area contributed by atoms with E-state index in [4.69, 9.17) is 9.47 Å². The molecule has 2 amide bonds. The lowest BCUT2D eigenvalue weighted by Crippen LogP contribution is -2.39. The van der Waals surface area contributed by atoms with Gasteiger partial charge in [-0.3, -0.25) is 9.59 Å². The first-order valence-corrected chi connectivity index (χ1v) is 9.22. The Balaban J connectivity index is 1.65. The highest BCUT2D eigenvalue weighted by Gasteiger charge is 2.25. The average Bonchev–Trinajstić information content (AvgIpc) is 2.69. The number of fused-ring (bicyclic) bond motifs is 1. The van der Waals surface area contributed by atoms with Gasteiger partial charge in [0.25, 0.3) is 11.8 Å². The van der Waals surface area contributed by atoms with Gasteiger partial charge in [0, 0.05) is 12.2 Å². The number of rotatable bonds is 8. The van der Waals surface area contributed by atoms with E-state index in [-0.39, 0.29) is 25.0 Å². The van der Waals surface area contributed by atoms with Gasteiger partial charge in [0.15, 0.2) is 13.2 Å². The molecule has 3 rings (SSSR count). The van der Waals surface area contributed by atoms with E-state index >= 15 is 0 Å². The van der Waals surface area contributed by atoms with Crippen LogP contribution in [-0.2, 0) is 9.59 Å². The largest absolute Gasteiger partial charge is 0.484 e. The predicted octanol–water partition coefficient (Wildman–Crippen LogP) is 3.62. The fourth-order valence-corrected chi connectivity index (χ4v) is 2.91.